The number of hydrogen-bond donors (Lipinski definition) is 1. The van der Waals surface area contributed by atoms with E-state index in [1.807, 2.05) is 12.1 Å². The number of benzene rings is 2. The van der Waals surface area contributed by atoms with Crippen molar-refractivity contribution in [3.05, 3.63) is 70.9 Å². The predicted octanol–water partition coefficient (Wildman–Crippen LogP) is 4.11. The number of methoxy groups -OCH3 is 2. The van der Waals surface area contributed by atoms with Crippen LogP contribution in [0.25, 0.3) is 0 Å². The van der Waals surface area contributed by atoms with E-state index in [-0.39, 0.29) is 24.4 Å². The van der Waals surface area contributed by atoms with Crippen molar-refractivity contribution in [1.82, 2.24) is 9.78 Å². The first kappa shape index (κ1) is 21.3. The Morgan fingerprint density at radius 3 is 2.60 bits per heavy atom. The Labute approximate surface area is 173 Å². The Balaban J connectivity index is 1.67. The zero-order valence-corrected chi connectivity index (χ0v) is 17.0. The van der Waals surface area contributed by atoms with E-state index in [1.165, 1.54) is 4.68 Å². The SMILES string of the molecule is COc1ccc(CCC(=O)Nc2c(C)cnn2Cc2cc(F)ccc2F)cc1OC. The molecule has 1 heterocycles. The number of halogens is 2. The molecule has 0 saturated heterocycles. The van der Waals surface area contributed by atoms with Gasteiger partial charge in [0.05, 0.1) is 27.0 Å². The van der Waals surface area contributed by atoms with Gasteiger partial charge in [-0.2, -0.15) is 5.10 Å². The summed E-state index contributed by atoms with van der Waals surface area (Å²) < 4.78 is 39.4. The molecule has 6 nitrogen and oxygen atoms in total. The molecule has 0 unspecified atom stereocenters. The summed E-state index contributed by atoms with van der Waals surface area (Å²) in [6.45, 7) is 1.79. The molecule has 3 rings (SSSR count). The summed E-state index contributed by atoms with van der Waals surface area (Å²) in [5.74, 6) is 0.396. The first-order valence-corrected chi connectivity index (χ1v) is 9.38. The minimum absolute atomic E-state index is 0.00270. The highest BCUT2D eigenvalue weighted by molar-refractivity contribution is 5.90. The predicted molar refractivity (Wildman–Crippen MR) is 109 cm³/mol. The number of amides is 1. The zero-order valence-electron chi connectivity index (χ0n) is 17.0. The van der Waals surface area contributed by atoms with Crippen LogP contribution in [0.1, 0.15) is 23.1 Å². The van der Waals surface area contributed by atoms with Gasteiger partial charge < -0.3 is 14.8 Å². The van der Waals surface area contributed by atoms with Crippen LogP contribution in [0.3, 0.4) is 0 Å². The normalized spacial score (nSPS) is 10.7. The maximum atomic E-state index is 14.0. The van der Waals surface area contributed by atoms with Crippen molar-refractivity contribution in [2.75, 3.05) is 19.5 Å². The molecule has 30 heavy (non-hydrogen) atoms. The van der Waals surface area contributed by atoms with Crippen LogP contribution < -0.4 is 14.8 Å². The summed E-state index contributed by atoms with van der Waals surface area (Å²) >= 11 is 0. The maximum Gasteiger partial charge on any atom is 0.225 e. The van der Waals surface area contributed by atoms with Gasteiger partial charge in [0.1, 0.15) is 17.5 Å². The summed E-state index contributed by atoms with van der Waals surface area (Å²) in [6.07, 6.45) is 2.30. The number of anilines is 1. The second kappa shape index (κ2) is 9.39. The lowest BCUT2D eigenvalue weighted by Crippen LogP contribution is -2.17. The average molecular weight is 415 g/mol. The lowest BCUT2D eigenvalue weighted by atomic mass is 10.1. The molecule has 1 aromatic heterocycles. The molecule has 0 bridgehead atoms. The highest BCUT2D eigenvalue weighted by atomic mass is 19.1. The van der Waals surface area contributed by atoms with Gasteiger partial charge in [0, 0.05) is 17.5 Å². The molecule has 0 aliphatic rings. The third-order valence-corrected chi connectivity index (χ3v) is 4.70. The van der Waals surface area contributed by atoms with E-state index in [0.717, 1.165) is 29.3 Å². The molecule has 8 heteroatoms. The van der Waals surface area contributed by atoms with Crippen LogP contribution in [-0.4, -0.2) is 29.9 Å². The van der Waals surface area contributed by atoms with Crippen LogP contribution in [0.2, 0.25) is 0 Å². The van der Waals surface area contributed by atoms with Crippen LogP contribution in [0.5, 0.6) is 11.5 Å². The monoisotopic (exact) mass is 415 g/mol. The van der Waals surface area contributed by atoms with Crippen LogP contribution in [0, 0.1) is 18.6 Å². The molecular formula is C22H23F2N3O3. The van der Waals surface area contributed by atoms with Gasteiger partial charge in [-0.1, -0.05) is 6.07 Å². The second-order valence-corrected chi connectivity index (χ2v) is 6.81. The number of hydrogen-bond acceptors (Lipinski definition) is 4. The number of nitrogens with one attached hydrogen (secondary N) is 1. The van der Waals surface area contributed by atoms with Crippen LogP contribution in [0.15, 0.2) is 42.6 Å². The van der Waals surface area contributed by atoms with Gasteiger partial charge >= 0.3 is 0 Å². The molecule has 0 fully saturated rings. The lowest BCUT2D eigenvalue weighted by Gasteiger charge is -2.12. The number of aryl methyl sites for hydroxylation is 2. The summed E-state index contributed by atoms with van der Waals surface area (Å²) in [5, 5.41) is 7.00. The molecule has 0 atom stereocenters. The quantitative estimate of drug-likeness (QED) is 0.602. The van der Waals surface area contributed by atoms with E-state index in [2.05, 4.69) is 10.4 Å². The molecule has 0 aliphatic carbocycles. The average Bonchev–Trinajstić information content (AvgIpc) is 3.08. The van der Waals surface area contributed by atoms with Gasteiger partial charge in [0.15, 0.2) is 11.5 Å². The van der Waals surface area contributed by atoms with Crippen molar-refractivity contribution < 1.29 is 23.0 Å². The first-order valence-electron chi connectivity index (χ1n) is 9.38. The molecule has 0 aliphatic heterocycles. The number of nitrogens with zero attached hydrogens (tertiary/aromatic N) is 2. The molecule has 3 aromatic rings. The fraction of sp³-hybridized carbons (Fsp3) is 0.273. The highest BCUT2D eigenvalue weighted by Crippen LogP contribution is 2.28. The van der Waals surface area contributed by atoms with Crippen LogP contribution in [0.4, 0.5) is 14.6 Å². The Bertz CT molecular complexity index is 1050. The van der Waals surface area contributed by atoms with Gasteiger partial charge in [-0.05, 0) is 49.2 Å². The smallest absolute Gasteiger partial charge is 0.225 e. The summed E-state index contributed by atoms with van der Waals surface area (Å²) in [7, 11) is 3.12. The molecule has 1 amide bonds. The largest absolute Gasteiger partial charge is 0.493 e. The lowest BCUT2D eigenvalue weighted by molar-refractivity contribution is -0.116. The minimum atomic E-state index is -0.532. The molecule has 158 valence electrons. The standard InChI is InChI=1S/C22H23F2N3O3/c1-14-12-25-27(13-16-11-17(23)6-7-18(16)24)22(14)26-21(28)9-5-15-4-8-19(29-2)20(10-15)30-3/h4,6-8,10-12H,5,9,13H2,1-3H3,(H,26,28). The molecule has 0 spiro atoms. The van der Waals surface area contributed by atoms with Crippen molar-refractivity contribution in [2.45, 2.75) is 26.3 Å². The minimum Gasteiger partial charge on any atom is -0.493 e. The number of carbonyl (C=O) groups is 1. The highest BCUT2D eigenvalue weighted by Gasteiger charge is 2.14. The van der Waals surface area contributed by atoms with Crippen molar-refractivity contribution >= 4 is 11.7 Å². The van der Waals surface area contributed by atoms with Crippen molar-refractivity contribution in [3.63, 3.8) is 0 Å². The van der Waals surface area contributed by atoms with Crippen LogP contribution in [-0.2, 0) is 17.8 Å². The van der Waals surface area contributed by atoms with E-state index < -0.39 is 11.6 Å². The van der Waals surface area contributed by atoms with Crippen molar-refractivity contribution in [1.29, 1.82) is 0 Å². The number of ether oxygens (including phenoxy) is 2. The third kappa shape index (κ3) is 4.94. The van der Waals surface area contributed by atoms with E-state index in [4.69, 9.17) is 9.47 Å². The zero-order chi connectivity index (χ0) is 21.7. The Hall–Kier alpha value is -3.42. The summed E-state index contributed by atoms with van der Waals surface area (Å²) in [5.41, 5.74) is 1.81. The number of carbonyl (C=O) groups excluding carboxylic acids is 1. The van der Waals surface area contributed by atoms with Gasteiger partial charge in [-0.25, -0.2) is 13.5 Å². The van der Waals surface area contributed by atoms with Gasteiger partial charge in [-0.3, -0.25) is 4.79 Å². The number of rotatable bonds is 8. The number of aromatic nitrogens is 2. The van der Waals surface area contributed by atoms with Crippen molar-refractivity contribution in [3.8, 4) is 11.5 Å². The third-order valence-electron chi connectivity index (χ3n) is 4.70. The van der Waals surface area contributed by atoms with Crippen LogP contribution >= 0.6 is 0 Å². The van der Waals surface area contributed by atoms with E-state index >= 15 is 0 Å². The second-order valence-electron chi connectivity index (χ2n) is 6.81. The molecule has 1 N–H and O–H groups in total. The van der Waals surface area contributed by atoms with E-state index in [1.54, 1.807) is 33.4 Å². The van der Waals surface area contributed by atoms with Gasteiger partial charge in [-0.15, -0.1) is 0 Å². The fourth-order valence-electron chi connectivity index (χ4n) is 3.08. The van der Waals surface area contributed by atoms with Gasteiger partial charge in [0.25, 0.3) is 0 Å². The van der Waals surface area contributed by atoms with E-state index in [0.29, 0.717) is 23.7 Å². The topological polar surface area (TPSA) is 65.4 Å². The summed E-state index contributed by atoms with van der Waals surface area (Å²) in [4.78, 5) is 12.5. The van der Waals surface area contributed by atoms with Gasteiger partial charge in [0.2, 0.25) is 5.91 Å². The molecule has 0 radical (unpaired) electrons. The Kier molecular flexibility index (Phi) is 6.66. The molecular weight excluding hydrogens is 392 g/mol. The summed E-state index contributed by atoms with van der Waals surface area (Å²) in [6, 6.07) is 8.74. The molecule has 2 aromatic carbocycles. The molecule has 0 saturated carbocycles. The fourth-order valence-corrected chi connectivity index (χ4v) is 3.08. The Morgan fingerprint density at radius 2 is 1.87 bits per heavy atom. The Morgan fingerprint density at radius 1 is 1.10 bits per heavy atom. The van der Waals surface area contributed by atoms with Crippen molar-refractivity contribution in [2.24, 2.45) is 0 Å². The maximum absolute atomic E-state index is 14.0. The first-order chi connectivity index (χ1) is 14.4. The van der Waals surface area contributed by atoms with E-state index in [9.17, 15) is 13.6 Å².